The summed E-state index contributed by atoms with van der Waals surface area (Å²) in [4.78, 5) is 13.3. The third-order valence-electron chi connectivity index (χ3n) is 3.87. The Bertz CT molecular complexity index is 408. The first-order valence-electron chi connectivity index (χ1n) is 6.36. The molecule has 18 heavy (non-hydrogen) atoms. The molecule has 0 saturated carbocycles. The lowest BCUT2D eigenvalue weighted by atomic mass is 9.86. The van der Waals surface area contributed by atoms with E-state index in [1.54, 1.807) is 0 Å². The van der Waals surface area contributed by atoms with Gasteiger partial charge in [0.25, 0.3) is 0 Å². The Morgan fingerprint density at radius 3 is 2.72 bits per heavy atom. The Labute approximate surface area is 107 Å². The van der Waals surface area contributed by atoms with Gasteiger partial charge < -0.3 is 10.8 Å². The van der Waals surface area contributed by atoms with Crippen molar-refractivity contribution in [3.05, 3.63) is 35.9 Å². The highest BCUT2D eigenvalue weighted by Gasteiger charge is 2.36. The van der Waals surface area contributed by atoms with Crippen LogP contribution in [0.1, 0.15) is 18.9 Å². The molecular weight excluding hydrogens is 228 g/mol. The maximum absolute atomic E-state index is 11.1. The lowest BCUT2D eigenvalue weighted by molar-refractivity contribution is -0.145. The molecule has 4 heteroatoms. The standard InChI is InChI=1S/C14H20N2O2/c1-10-13(15)12(14(17)18)7-8-16(10)9-11-5-3-2-4-6-11/h2-6,10,12-13H,7-9,15H2,1H3,(H,17,18). The van der Waals surface area contributed by atoms with Crippen LogP contribution in [0.25, 0.3) is 0 Å². The van der Waals surface area contributed by atoms with E-state index < -0.39 is 11.9 Å². The van der Waals surface area contributed by atoms with E-state index in [9.17, 15) is 4.79 Å². The summed E-state index contributed by atoms with van der Waals surface area (Å²) in [5, 5.41) is 9.10. The lowest BCUT2D eigenvalue weighted by Crippen LogP contribution is -2.56. The van der Waals surface area contributed by atoms with Crippen molar-refractivity contribution in [1.82, 2.24) is 4.90 Å². The third-order valence-corrected chi connectivity index (χ3v) is 3.87. The molecule has 1 aromatic carbocycles. The molecule has 98 valence electrons. The fourth-order valence-electron chi connectivity index (χ4n) is 2.61. The maximum Gasteiger partial charge on any atom is 0.308 e. The van der Waals surface area contributed by atoms with Gasteiger partial charge in [0.05, 0.1) is 5.92 Å². The van der Waals surface area contributed by atoms with E-state index >= 15 is 0 Å². The molecule has 0 aliphatic carbocycles. The first-order valence-corrected chi connectivity index (χ1v) is 6.36. The third kappa shape index (κ3) is 2.71. The number of likely N-dealkylation sites (tertiary alicyclic amines) is 1. The summed E-state index contributed by atoms with van der Waals surface area (Å²) in [5.74, 6) is -1.18. The van der Waals surface area contributed by atoms with E-state index in [1.165, 1.54) is 5.56 Å². The number of aliphatic carboxylic acids is 1. The highest BCUT2D eigenvalue weighted by molar-refractivity contribution is 5.71. The summed E-state index contributed by atoms with van der Waals surface area (Å²) in [6.07, 6.45) is 0.633. The molecule has 0 bridgehead atoms. The average molecular weight is 248 g/mol. The minimum Gasteiger partial charge on any atom is -0.481 e. The zero-order valence-electron chi connectivity index (χ0n) is 10.6. The zero-order chi connectivity index (χ0) is 13.1. The van der Waals surface area contributed by atoms with Gasteiger partial charge in [0.15, 0.2) is 0 Å². The van der Waals surface area contributed by atoms with Gasteiger partial charge in [-0.15, -0.1) is 0 Å². The minimum absolute atomic E-state index is 0.0973. The van der Waals surface area contributed by atoms with Crippen LogP contribution in [-0.4, -0.2) is 34.6 Å². The van der Waals surface area contributed by atoms with E-state index in [1.807, 2.05) is 25.1 Å². The van der Waals surface area contributed by atoms with Crippen LogP contribution in [0.3, 0.4) is 0 Å². The quantitative estimate of drug-likeness (QED) is 0.846. The number of carbonyl (C=O) groups is 1. The Kier molecular flexibility index (Phi) is 3.99. The normalized spacial score (nSPS) is 29.1. The summed E-state index contributed by atoms with van der Waals surface area (Å²) in [6.45, 7) is 3.64. The second-order valence-electron chi connectivity index (χ2n) is 5.01. The average Bonchev–Trinajstić information content (AvgIpc) is 2.36. The number of carboxylic acids is 1. The van der Waals surface area contributed by atoms with Gasteiger partial charge in [0.1, 0.15) is 0 Å². The molecule has 1 saturated heterocycles. The molecule has 1 aliphatic heterocycles. The van der Waals surface area contributed by atoms with Crippen LogP contribution in [-0.2, 0) is 11.3 Å². The van der Waals surface area contributed by atoms with E-state index in [0.717, 1.165) is 13.1 Å². The van der Waals surface area contributed by atoms with E-state index in [4.69, 9.17) is 10.8 Å². The molecule has 0 radical (unpaired) electrons. The predicted octanol–water partition coefficient (Wildman–Crippen LogP) is 1.31. The van der Waals surface area contributed by atoms with Crippen LogP contribution in [0.15, 0.2) is 30.3 Å². The van der Waals surface area contributed by atoms with Gasteiger partial charge in [-0.1, -0.05) is 30.3 Å². The monoisotopic (exact) mass is 248 g/mol. The van der Waals surface area contributed by atoms with Gasteiger partial charge in [-0.3, -0.25) is 9.69 Å². The zero-order valence-corrected chi connectivity index (χ0v) is 10.6. The number of benzene rings is 1. The highest BCUT2D eigenvalue weighted by atomic mass is 16.4. The van der Waals surface area contributed by atoms with Gasteiger partial charge in [-0.05, 0) is 25.5 Å². The summed E-state index contributed by atoms with van der Waals surface area (Å²) in [5.41, 5.74) is 7.29. The van der Waals surface area contributed by atoms with Crippen molar-refractivity contribution in [3.8, 4) is 0 Å². The first-order chi connectivity index (χ1) is 8.59. The summed E-state index contributed by atoms with van der Waals surface area (Å²) in [7, 11) is 0. The second kappa shape index (κ2) is 5.50. The highest BCUT2D eigenvalue weighted by Crippen LogP contribution is 2.23. The van der Waals surface area contributed by atoms with Crippen molar-refractivity contribution >= 4 is 5.97 Å². The van der Waals surface area contributed by atoms with Crippen molar-refractivity contribution < 1.29 is 9.90 Å². The van der Waals surface area contributed by atoms with Crippen LogP contribution in [0, 0.1) is 5.92 Å². The molecule has 0 spiro atoms. The second-order valence-corrected chi connectivity index (χ2v) is 5.01. The summed E-state index contributed by atoms with van der Waals surface area (Å²) in [6, 6.07) is 10.0. The SMILES string of the molecule is CC1C(N)C(C(=O)O)CCN1Cc1ccccc1. The largest absolute Gasteiger partial charge is 0.481 e. The summed E-state index contributed by atoms with van der Waals surface area (Å²) < 4.78 is 0. The maximum atomic E-state index is 11.1. The van der Waals surface area contributed by atoms with Crippen molar-refractivity contribution in [1.29, 1.82) is 0 Å². The number of carboxylic acid groups (broad SMARTS) is 1. The van der Waals surface area contributed by atoms with Crippen molar-refractivity contribution in [2.24, 2.45) is 11.7 Å². The number of rotatable bonds is 3. The molecule has 1 aliphatic rings. The lowest BCUT2D eigenvalue weighted by Gasteiger charge is -2.40. The van der Waals surface area contributed by atoms with Crippen LogP contribution in [0.4, 0.5) is 0 Å². The molecule has 3 unspecified atom stereocenters. The first kappa shape index (κ1) is 13.1. The Hall–Kier alpha value is -1.39. The Morgan fingerprint density at radius 1 is 1.44 bits per heavy atom. The topological polar surface area (TPSA) is 66.6 Å². The fourth-order valence-corrected chi connectivity index (χ4v) is 2.61. The number of hydrogen-bond acceptors (Lipinski definition) is 3. The molecule has 1 heterocycles. The van der Waals surface area contributed by atoms with Gasteiger partial charge >= 0.3 is 5.97 Å². The number of nitrogens with zero attached hydrogens (tertiary/aromatic N) is 1. The van der Waals surface area contributed by atoms with Gasteiger partial charge in [0, 0.05) is 18.6 Å². The van der Waals surface area contributed by atoms with E-state index in [0.29, 0.717) is 6.42 Å². The summed E-state index contributed by atoms with van der Waals surface area (Å²) >= 11 is 0. The van der Waals surface area contributed by atoms with Crippen LogP contribution in [0.5, 0.6) is 0 Å². The Morgan fingerprint density at radius 2 is 2.11 bits per heavy atom. The Balaban J connectivity index is 2.02. The number of nitrogens with two attached hydrogens (primary N) is 1. The van der Waals surface area contributed by atoms with Crippen LogP contribution >= 0.6 is 0 Å². The number of piperidine rings is 1. The molecule has 0 amide bonds. The van der Waals surface area contributed by atoms with Crippen LogP contribution < -0.4 is 5.73 Å². The molecular formula is C14H20N2O2. The van der Waals surface area contributed by atoms with Crippen molar-refractivity contribution in [3.63, 3.8) is 0 Å². The van der Waals surface area contributed by atoms with Crippen LogP contribution in [0.2, 0.25) is 0 Å². The smallest absolute Gasteiger partial charge is 0.308 e. The fraction of sp³-hybridized carbons (Fsp3) is 0.500. The van der Waals surface area contributed by atoms with Crippen molar-refractivity contribution in [2.45, 2.75) is 32.0 Å². The van der Waals surface area contributed by atoms with Gasteiger partial charge in [-0.2, -0.15) is 0 Å². The predicted molar refractivity (Wildman–Crippen MR) is 70.0 cm³/mol. The molecule has 3 atom stereocenters. The van der Waals surface area contributed by atoms with E-state index in [-0.39, 0.29) is 12.1 Å². The molecule has 4 nitrogen and oxygen atoms in total. The molecule has 1 fully saturated rings. The molecule has 3 N–H and O–H groups in total. The van der Waals surface area contributed by atoms with Crippen molar-refractivity contribution in [2.75, 3.05) is 6.54 Å². The molecule has 1 aromatic rings. The molecule has 2 rings (SSSR count). The van der Waals surface area contributed by atoms with Gasteiger partial charge in [-0.25, -0.2) is 0 Å². The minimum atomic E-state index is -0.770. The van der Waals surface area contributed by atoms with Gasteiger partial charge in [0.2, 0.25) is 0 Å². The molecule has 0 aromatic heterocycles. The van der Waals surface area contributed by atoms with E-state index in [2.05, 4.69) is 17.0 Å². The number of hydrogen-bond donors (Lipinski definition) is 2.